The molecule has 0 radical (unpaired) electrons. The van der Waals surface area contributed by atoms with Gasteiger partial charge in [-0.1, -0.05) is 6.92 Å². The summed E-state index contributed by atoms with van der Waals surface area (Å²) in [6.45, 7) is 4.36. The molecule has 4 aliphatic rings. The van der Waals surface area contributed by atoms with Crippen LogP contribution < -0.4 is 0 Å². The highest BCUT2D eigenvalue weighted by atomic mass is 16.1. The first kappa shape index (κ1) is 13.5. The second-order valence-electron chi connectivity index (χ2n) is 7.99. The van der Waals surface area contributed by atoms with Crippen molar-refractivity contribution >= 4 is 6.29 Å². The van der Waals surface area contributed by atoms with E-state index in [1.54, 1.807) is 0 Å². The highest BCUT2D eigenvalue weighted by Gasteiger charge is 2.53. The molecule has 1 heterocycles. The van der Waals surface area contributed by atoms with Crippen molar-refractivity contribution < 1.29 is 4.79 Å². The summed E-state index contributed by atoms with van der Waals surface area (Å²) >= 11 is 0. The van der Waals surface area contributed by atoms with Crippen molar-refractivity contribution in [3.8, 4) is 0 Å². The molecule has 0 spiro atoms. The summed E-state index contributed by atoms with van der Waals surface area (Å²) in [7, 11) is 0. The second kappa shape index (κ2) is 4.69. The lowest BCUT2D eigenvalue weighted by Crippen LogP contribution is -2.49. The molecule has 4 fully saturated rings. The van der Waals surface area contributed by atoms with Gasteiger partial charge < -0.3 is 0 Å². The van der Waals surface area contributed by atoms with Gasteiger partial charge in [-0.25, -0.2) is 0 Å². The fraction of sp³-hybridized carbons (Fsp3) is 0.778. The normalized spacial score (nSPS) is 38.7. The maximum atomic E-state index is 11.6. The lowest BCUT2D eigenvalue weighted by molar-refractivity contribution is -0.00777. The van der Waals surface area contributed by atoms with E-state index in [-0.39, 0.29) is 5.41 Å². The third-order valence-corrected chi connectivity index (χ3v) is 6.47. The number of aromatic nitrogens is 2. The maximum Gasteiger partial charge on any atom is 0.153 e. The molecular formula is C18H26N2O. The fourth-order valence-corrected chi connectivity index (χ4v) is 5.72. The third-order valence-electron chi connectivity index (χ3n) is 6.47. The van der Waals surface area contributed by atoms with E-state index in [4.69, 9.17) is 5.10 Å². The van der Waals surface area contributed by atoms with E-state index in [9.17, 15) is 4.79 Å². The largest absolute Gasteiger partial charge is 0.298 e. The van der Waals surface area contributed by atoms with Crippen LogP contribution in [0.4, 0.5) is 0 Å². The smallest absolute Gasteiger partial charge is 0.153 e. The fourth-order valence-electron chi connectivity index (χ4n) is 5.72. The minimum Gasteiger partial charge on any atom is -0.298 e. The Balaban J connectivity index is 1.75. The summed E-state index contributed by atoms with van der Waals surface area (Å²) in [5, 5.41) is 4.93. The van der Waals surface area contributed by atoms with Gasteiger partial charge in [-0.05, 0) is 69.6 Å². The van der Waals surface area contributed by atoms with Gasteiger partial charge in [-0.15, -0.1) is 0 Å². The summed E-state index contributed by atoms with van der Waals surface area (Å²) in [6.07, 6.45) is 12.2. The molecule has 3 heteroatoms. The van der Waals surface area contributed by atoms with Crippen molar-refractivity contribution in [3.63, 3.8) is 0 Å². The minimum atomic E-state index is 0.226. The highest BCUT2D eigenvalue weighted by molar-refractivity contribution is 5.76. The quantitative estimate of drug-likeness (QED) is 0.780. The Morgan fingerprint density at radius 2 is 1.86 bits per heavy atom. The number of aldehydes is 1. The molecule has 1 unspecified atom stereocenters. The van der Waals surface area contributed by atoms with Crippen molar-refractivity contribution in [1.82, 2.24) is 9.78 Å². The molecule has 1 aromatic heterocycles. The SMILES string of the molecule is CCC(C)n1cc(C=O)c(C23CC4CC(CC(C4)C2)C3)n1. The molecule has 4 bridgehead atoms. The molecule has 21 heavy (non-hydrogen) atoms. The van der Waals surface area contributed by atoms with Crippen LogP contribution in [-0.2, 0) is 5.41 Å². The van der Waals surface area contributed by atoms with E-state index in [1.807, 2.05) is 10.9 Å². The number of rotatable bonds is 4. The molecule has 0 saturated heterocycles. The molecule has 0 aromatic carbocycles. The van der Waals surface area contributed by atoms with Crippen molar-refractivity contribution in [1.29, 1.82) is 0 Å². The van der Waals surface area contributed by atoms with Gasteiger partial charge in [0.15, 0.2) is 6.29 Å². The molecule has 4 saturated carbocycles. The van der Waals surface area contributed by atoms with Gasteiger partial charge in [0.2, 0.25) is 0 Å². The maximum absolute atomic E-state index is 11.6. The van der Waals surface area contributed by atoms with Crippen LogP contribution in [0.3, 0.4) is 0 Å². The van der Waals surface area contributed by atoms with Crippen molar-refractivity contribution in [3.05, 3.63) is 17.5 Å². The minimum absolute atomic E-state index is 0.226. The van der Waals surface area contributed by atoms with E-state index < -0.39 is 0 Å². The Hall–Kier alpha value is -1.12. The standard InChI is InChI=1S/C18H26N2O/c1-3-12(2)20-10-16(11-21)17(19-20)18-7-13-4-14(8-18)6-15(5-13)9-18/h10-15H,3-9H2,1-2H3. The number of carbonyl (C=O) groups is 1. The Morgan fingerprint density at radius 3 is 2.33 bits per heavy atom. The molecule has 0 N–H and O–H groups in total. The molecule has 1 aromatic rings. The average molecular weight is 286 g/mol. The lowest BCUT2D eigenvalue weighted by atomic mass is 9.48. The van der Waals surface area contributed by atoms with Gasteiger partial charge in [-0.3, -0.25) is 9.48 Å². The monoisotopic (exact) mass is 286 g/mol. The predicted molar refractivity (Wildman–Crippen MR) is 82.5 cm³/mol. The molecule has 1 atom stereocenters. The second-order valence-corrected chi connectivity index (χ2v) is 7.99. The zero-order chi connectivity index (χ0) is 14.6. The van der Waals surface area contributed by atoms with Crippen LogP contribution in [0.1, 0.15) is 80.9 Å². The topological polar surface area (TPSA) is 34.9 Å². The van der Waals surface area contributed by atoms with Crippen LogP contribution in [0.5, 0.6) is 0 Å². The van der Waals surface area contributed by atoms with Gasteiger partial charge in [-0.2, -0.15) is 5.10 Å². The van der Waals surface area contributed by atoms with Crippen LogP contribution in [0.25, 0.3) is 0 Å². The Labute approximate surface area is 127 Å². The van der Waals surface area contributed by atoms with E-state index in [0.29, 0.717) is 6.04 Å². The molecular weight excluding hydrogens is 260 g/mol. The van der Waals surface area contributed by atoms with Gasteiger partial charge in [0.05, 0.1) is 11.3 Å². The lowest BCUT2D eigenvalue weighted by Gasteiger charge is -2.56. The van der Waals surface area contributed by atoms with Gasteiger partial charge in [0, 0.05) is 17.7 Å². The first-order valence-electron chi connectivity index (χ1n) is 8.68. The molecule has 0 amide bonds. The van der Waals surface area contributed by atoms with E-state index in [1.165, 1.54) is 38.5 Å². The Kier molecular flexibility index (Phi) is 3.02. The van der Waals surface area contributed by atoms with E-state index in [0.717, 1.165) is 41.7 Å². The van der Waals surface area contributed by atoms with Crippen LogP contribution in [0.15, 0.2) is 6.20 Å². The number of hydrogen-bond acceptors (Lipinski definition) is 2. The summed E-state index contributed by atoms with van der Waals surface area (Å²) in [5.74, 6) is 2.68. The average Bonchev–Trinajstić information content (AvgIpc) is 2.90. The number of hydrogen-bond donors (Lipinski definition) is 0. The van der Waals surface area contributed by atoms with Crippen LogP contribution in [0.2, 0.25) is 0 Å². The summed E-state index contributed by atoms with van der Waals surface area (Å²) in [4.78, 5) is 11.6. The number of carbonyl (C=O) groups excluding carboxylic acids is 1. The van der Waals surface area contributed by atoms with Crippen molar-refractivity contribution in [2.75, 3.05) is 0 Å². The summed E-state index contributed by atoms with van der Waals surface area (Å²) in [5.41, 5.74) is 2.22. The van der Waals surface area contributed by atoms with Crippen LogP contribution in [0, 0.1) is 17.8 Å². The van der Waals surface area contributed by atoms with Crippen LogP contribution in [-0.4, -0.2) is 16.1 Å². The molecule has 0 aliphatic heterocycles. The van der Waals surface area contributed by atoms with Gasteiger partial charge in [0.25, 0.3) is 0 Å². The summed E-state index contributed by atoms with van der Waals surface area (Å²) < 4.78 is 2.04. The first-order valence-corrected chi connectivity index (χ1v) is 8.68. The van der Waals surface area contributed by atoms with Gasteiger partial charge in [0.1, 0.15) is 0 Å². The highest BCUT2D eigenvalue weighted by Crippen LogP contribution is 2.60. The van der Waals surface area contributed by atoms with Crippen molar-refractivity contribution in [2.45, 2.75) is 70.3 Å². The molecule has 5 rings (SSSR count). The first-order chi connectivity index (χ1) is 10.1. The molecule has 3 nitrogen and oxygen atoms in total. The Morgan fingerprint density at radius 1 is 1.29 bits per heavy atom. The molecule has 114 valence electrons. The van der Waals surface area contributed by atoms with Gasteiger partial charge >= 0.3 is 0 Å². The zero-order valence-electron chi connectivity index (χ0n) is 13.2. The predicted octanol–water partition coefficient (Wildman–Crippen LogP) is 4.13. The van der Waals surface area contributed by atoms with E-state index >= 15 is 0 Å². The Bertz CT molecular complexity index is 524. The summed E-state index contributed by atoms with van der Waals surface area (Å²) in [6, 6.07) is 0.381. The third kappa shape index (κ3) is 2.00. The number of nitrogens with zero attached hydrogens (tertiary/aromatic N) is 2. The van der Waals surface area contributed by atoms with Crippen molar-refractivity contribution in [2.24, 2.45) is 17.8 Å². The van der Waals surface area contributed by atoms with E-state index in [2.05, 4.69) is 13.8 Å². The molecule has 4 aliphatic carbocycles. The van der Waals surface area contributed by atoms with Crippen LogP contribution >= 0.6 is 0 Å². The zero-order valence-corrected chi connectivity index (χ0v) is 13.2.